The van der Waals surface area contributed by atoms with E-state index in [-0.39, 0.29) is 6.04 Å². The van der Waals surface area contributed by atoms with Crippen LogP contribution in [0.2, 0.25) is 0 Å². The van der Waals surface area contributed by atoms with Crippen LogP contribution in [-0.4, -0.2) is 34.6 Å². The third-order valence-electron chi connectivity index (χ3n) is 2.69. The summed E-state index contributed by atoms with van der Waals surface area (Å²) in [7, 11) is 0. The van der Waals surface area contributed by atoms with Crippen LogP contribution in [0, 0.1) is 5.92 Å². The summed E-state index contributed by atoms with van der Waals surface area (Å²) in [5.41, 5.74) is 0. The van der Waals surface area contributed by atoms with E-state index in [0.717, 1.165) is 13.0 Å². The van der Waals surface area contributed by atoms with Gasteiger partial charge in [0.2, 0.25) is 0 Å². The molecule has 0 spiro atoms. The van der Waals surface area contributed by atoms with E-state index in [1.165, 1.54) is 0 Å². The van der Waals surface area contributed by atoms with Crippen molar-refractivity contribution in [3.8, 4) is 0 Å². The maximum absolute atomic E-state index is 10.7. The summed E-state index contributed by atoms with van der Waals surface area (Å²) >= 11 is 0. The highest BCUT2D eigenvalue weighted by Crippen LogP contribution is 2.24. The van der Waals surface area contributed by atoms with E-state index < -0.39 is 5.97 Å². The van der Waals surface area contributed by atoms with Crippen LogP contribution in [0.4, 0.5) is 0 Å². The standard InChI is InChI=1S/C9H17NO2/c1-6-4-7(2)10(5-6)8(3)9(11)12/h6-8H,4-5H2,1-3H3,(H,11,12). The first-order chi connectivity index (χ1) is 5.52. The summed E-state index contributed by atoms with van der Waals surface area (Å²) in [4.78, 5) is 12.8. The first-order valence-electron chi connectivity index (χ1n) is 4.51. The zero-order valence-corrected chi connectivity index (χ0v) is 7.95. The first kappa shape index (κ1) is 9.52. The number of aliphatic carboxylic acids is 1. The number of hydrogen-bond donors (Lipinski definition) is 1. The highest BCUT2D eigenvalue weighted by molar-refractivity contribution is 5.73. The Morgan fingerprint density at radius 3 is 2.50 bits per heavy atom. The Hall–Kier alpha value is -0.570. The lowest BCUT2D eigenvalue weighted by Crippen LogP contribution is -2.41. The molecule has 0 aromatic rings. The van der Waals surface area contributed by atoms with Crippen molar-refractivity contribution in [3.05, 3.63) is 0 Å². The predicted octanol–water partition coefficient (Wildman–Crippen LogP) is 1.19. The summed E-state index contributed by atoms with van der Waals surface area (Å²) in [6.07, 6.45) is 1.12. The number of nitrogens with zero attached hydrogens (tertiary/aromatic N) is 1. The minimum Gasteiger partial charge on any atom is -0.480 e. The lowest BCUT2D eigenvalue weighted by molar-refractivity contribution is -0.142. The SMILES string of the molecule is CC1CC(C)N(C(C)C(=O)O)C1. The number of rotatable bonds is 2. The van der Waals surface area contributed by atoms with E-state index in [4.69, 9.17) is 5.11 Å². The van der Waals surface area contributed by atoms with Crippen molar-refractivity contribution in [1.29, 1.82) is 0 Å². The van der Waals surface area contributed by atoms with E-state index in [9.17, 15) is 4.79 Å². The predicted molar refractivity (Wildman–Crippen MR) is 47.0 cm³/mol. The largest absolute Gasteiger partial charge is 0.480 e. The molecule has 1 aliphatic rings. The molecule has 0 aromatic carbocycles. The molecule has 0 bridgehead atoms. The van der Waals surface area contributed by atoms with Gasteiger partial charge in [-0.3, -0.25) is 9.69 Å². The molecule has 1 fully saturated rings. The smallest absolute Gasteiger partial charge is 0.320 e. The number of carboxylic acids is 1. The van der Waals surface area contributed by atoms with Gasteiger partial charge in [0.15, 0.2) is 0 Å². The molecule has 3 heteroatoms. The van der Waals surface area contributed by atoms with Gasteiger partial charge in [0.1, 0.15) is 6.04 Å². The monoisotopic (exact) mass is 171 g/mol. The second-order valence-electron chi connectivity index (χ2n) is 3.90. The Kier molecular flexibility index (Phi) is 2.73. The summed E-state index contributed by atoms with van der Waals surface area (Å²) in [6, 6.07) is 0.0936. The third kappa shape index (κ3) is 1.78. The van der Waals surface area contributed by atoms with Gasteiger partial charge in [-0.05, 0) is 26.2 Å². The van der Waals surface area contributed by atoms with Crippen molar-refractivity contribution in [1.82, 2.24) is 4.90 Å². The molecule has 1 aliphatic heterocycles. The molecular weight excluding hydrogens is 154 g/mol. The molecule has 1 rings (SSSR count). The molecule has 3 atom stereocenters. The van der Waals surface area contributed by atoms with Gasteiger partial charge in [-0.15, -0.1) is 0 Å². The topological polar surface area (TPSA) is 40.5 Å². The molecule has 70 valence electrons. The van der Waals surface area contributed by atoms with Gasteiger partial charge in [-0.2, -0.15) is 0 Å². The zero-order chi connectivity index (χ0) is 9.30. The summed E-state index contributed by atoms with van der Waals surface area (Å²) in [5, 5.41) is 8.80. The van der Waals surface area contributed by atoms with E-state index >= 15 is 0 Å². The number of hydrogen-bond acceptors (Lipinski definition) is 2. The van der Waals surface area contributed by atoms with Crippen LogP contribution < -0.4 is 0 Å². The Morgan fingerprint density at radius 1 is 1.58 bits per heavy atom. The van der Waals surface area contributed by atoms with Gasteiger partial charge < -0.3 is 5.11 Å². The van der Waals surface area contributed by atoms with Gasteiger partial charge in [-0.1, -0.05) is 6.92 Å². The third-order valence-corrected chi connectivity index (χ3v) is 2.69. The minimum atomic E-state index is -0.712. The molecule has 3 nitrogen and oxygen atoms in total. The molecule has 1 saturated heterocycles. The molecule has 1 heterocycles. The Labute approximate surface area is 73.4 Å². The molecule has 1 N–H and O–H groups in total. The van der Waals surface area contributed by atoms with E-state index in [0.29, 0.717) is 12.0 Å². The van der Waals surface area contributed by atoms with Crippen LogP contribution in [0.3, 0.4) is 0 Å². The summed E-state index contributed by atoms with van der Waals surface area (Å²) in [6.45, 7) is 6.96. The van der Waals surface area contributed by atoms with E-state index in [2.05, 4.69) is 18.7 Å². The Morgan fingerprint density at radius 2 is 2.17 bits per heavy atom. The van der Waals surface area contributed by atoms with Crippen molar-refractivity contribution < 1.29 is 9.90 Å². The van der Waals surface area contributed by atoms with Crippen LogP contribution in [0.5, 0.6) is 0 Å². The quantitative estimate of drug-likeness (QED) is 0.678. The number of likely N-dealkylation sites (tertiary alicyclic amines) is 1. The molecular formula is C9H17NO2. The maximum Gasteiger partial charge on any atom is 0.320 e. The molecule has 0 aromatic heterocycles. The van der Waals surface area contributed by atoms with Crippen LogP contribution in [0.1, 0.15) is 27.2 Å². The molecule has 0 aliphatic carbocycles. The first-order valence-corrected chi connectivity index (χ1v) is 4.51. The van der Waals surface area contributed by atoms with Gasteiger partial charge in [0.05, 0.1) is 0 Å². The van der Waals surface area contributed by atoms with Crippen LogP contribution in [-0.2, 0) is 4.79 Å². The van der Waals surface area contributed by atoms with E-state index in [1.54, 1.807) is 6.92 Å². The van der Waals surface area contributed by atoms with Gasteiger partial charge in [0, 0.05) is 12.6 Å². The Bertz CT molecular complexity index is 181. The fraction of sp³-hybridized carbons (Fsp3) is 0.889. The zero-order valence-electron chi connectivity index (χ0n) is 7.95. The second-order valence-corrected chi connectivity index (χ2v) is 3.90. The van der Waals surface area contributed by atoms with Gasteiger partial charge >= 0.3 is 5.97 Å². The second kappa shape index (κ2) is 3.44. The fourth-order valence-corrected chi connectivity index (χ4v) is 2.01. The minimum absolute atomic E-state index is 0.329. The fourth-order valence-electron chi connectivity index (χ4n) is 2.01. The van der Waals surface area contributed by atoms with Crippen LogP contribution >= 0.6 is 0 Å². The van der Waals surface area contributed by atoms with Crippen molar-refractivity contribution in [2.75, 3.05) is 6.54 Å². The van der Waals surface area contributed by atoms with Crippen LogP contribution in [0.25, 0.3) is 0 Å². The lowest BCUT2D eigenvalue weighted by atomic mass is 10.1. The average Bonchev–Trinajstić information content (AvgIpc) is 2.28. The highest BCUT2D eigenvalue weighted by atomic mass is 16.4. The van der Waals surface area contributed by atoms with Gasteiger partial charge in [0.25, 0.3) is 0 Å². The van der Waals surface area contributed by atoms with Crippen molar-refractivity contribution in [3.63, 3.8) is 0 Å². The number of carbonyl (C=O) groups is 1. The summed E-state index contributed by atoms with van der Waals surface area (Å²) < 4.78 is 0. The summed E-state index contributed by atoms with van der Waals surface area (Å²) in [5.74, 6) is -0.0715. The van der Waals surface area contributed by atoms with Crippen molar-refractivity contribution in [2.24, 2.45) is 5.92 Å². The normalized spacial score (nSPS) is 33.6. The van der Waals surface area contributed by atoms with Crippen LogP contribution in [0.15, 0.2) is 0 Å². The van der Waals surface area contributed by atoms with Crippen molar-refractivity contribution in [2.45, 2.75) is 39.3 Å². The Balaban J connectivity index is 2.57. The average molecular weight is 171 g/mol. The molecule has 3 unspecified atom stereocenters. The molecule has 12 heavy (non-hydrogen) atoms. The van der Waals surface area contributed by atoms with E-state index in [1.807, 2.05) is 0 Å². The van der Waals surface area contributed by atoms with Crippen molar-refractivity contribution >= 4 is 5.97 Å². The molecule has 0 radical (unpaired) electrons. The highest BCUT2D eigenvalue weighted by Gasteiger charge is 2.32. The molecule has 0 amide bonds. The lowest BCUT2D eigenvalue weighted by Gasteiger charge is -2.24. The maximum atomic E-state index is 10.7. The molecule has 0 saturated carbocycles. The van der Waals surface area contributed by atoms with Gasteiger partial charge in [-0.25, -0.2) is 0 Å². The number of carboxylic acid groups (broad SMARTS) is 1.